The van der Waals surface area contributed by atoms with Crippen LogP contribution in [0.3, 0.4) is 0 Å². The van der Waals surface area contributed by atoms with Crippen molar-refractivity contribution in [1.82, 2.24) is 0 Å². The van der Waals surface area contributed by atoms with E-state index in [1.54, 1.807) is 25.1 Å². The Hall–Kier alpha value is -2.85. The molecule has 3 rings (SSSR count). The van der Waals surface area contributed by atoms with E-state index in [9.17, 15) is 9.59 Å². The van der Waals surface area contributed by atoms with E-state index < -0.39 is 5.97 Å². The highest BCUT2D eigenvalue weighted by Gasteiger charge is 2.37. The van der Waals surface area contributed by atoms with Crippen LogP contribution in [-0.4, -0.2) is 19.0 Å². The lowest BCUT2D eigenvalue weighted by Crippen LogP contribution is -2.24. The quantitative estimate of drug-likeness (QED) is 0.591. The number of anilines is 1. The van der Waals surface area contributed by atoms with E-state index in [1.807, 2.05) is 43.3 Å². The summed E-state index contributed by atoms with van der Waals surface area (Å²) < 4.78 is 4.90. The van der Waals surface area contributed by atoms with Crippen LogP contribution in [0.15, 0.2) is 65.4 Å². The molecule has 1 aliphatic rings. The number of hydrogen-bond acceptors (Lipinski definition) is 3. The van der Waals surface area contributed by atoms with E-state index in [2.05, 4.69) is 0 Å². The molecule has 1 amide bonds. The molecule has 0 N–H and O–H groups in total. The average molecular weight is 368 g/mol. The maximum atomic E-state index is 13.1. The van der Waals surface area contributed by atoms with Crippen LogP contribution in [0.5, 0.6) is 0 Å². The molecule has 0 spiro atoms. The Morgan fingerprint density at radius 1 is 1.08 bits per heavy atom. The largest absolute Gasteiger partial charge is 0.465 e. The molecule has 2 aromatic carbocycles. The predicted octanol–water partition coefficient (Wildman–Crippen LogP) is 4.53. The second-order valence-corrected chi connectivity index (χ2v) is 6.41. The molecule has 0 aliphatic carbocycles. The van der Waals surface area contributed by atoms with Crippen molar-refractivity contribution >= 4 is 35.2 Å². The highest BCUT2D eigenvalue weighted by Crippen LogP contribution is 2.36. The second-order valence-electron chi connectivity index (χ2n) is 6.01. The van der Waals surface area contributed by atoms with Crippen LogP contribution in [0, 0.1) is 6.92 Å². The third-order valence-corrected chi connectivity index (χ3v) is 4.63. The normalized spacial score (nSPS) is 15.8. The number of allylic oxidation sites excluding steroid dienone is 1. The summed E-state index contributed by atoms with van der Waals surface area (Å²) in [7, 11) is 1.30. The lowest BCUT2D eigenvalue weighted by Gasteiger charge is -2.18. The number of carbonyl (C=O) groups excluding carboxylic acids is 2. The molecule has 0 aromatic heterocycles. The number of amides is 1. The molecule has 1 heterocycles. The van der Waals surface area contributed by atoms with Crippen molar-refractivity contribution in [2.45, 2.75) is 13.8 Å². The zero-order valence-corrected chi connectivity index (χ0v) is 15.5. The molecular formula is C21H18ClNO3. The Morgan fingerprint density at radius 3 is 2.35 bits per heavy atom. The Morgan fingerprint density at radius 2 is 1.73 bits per heavy atom. The minimum atomic E-state index is -0.552. The minimum Gasteiger partial charge on any atom is -0.465 e. The van der Waals surface area contributed by atoms with E-state index >= 15 is 0 Å². The highest BCUT2D eigenvalue weighted by molar-refractivity contribution is 6.32. The molecule has 0 radical (unpaired) electrons. The third-order valence-electron chi connectivity index (χ3n) is 4.29. The van der Waals surface area contributed by atoms with Gasteiger partial charge in [0.05, 0.1) is 18.3 Å². The van der Waals surface area contributed by atoms with Crippen molar-refractivity contribution in [3.05, 3.63) is 81.5 Å². The van der Waals surface area contributed by atoms with Crippen molar-refractivity contribution in [2.24, 2.45) is 0 Å². The molecule has 0 fully saturated rings. The number of methoxy groups -OCH3 is 1. The van der Waals surface area contributed by atoms with Crippen molar-refractivity contribution in [3.8, 4) is 0 Å². The Balaban J connectivity index is 2.15. The molecule has 0 bridgehead atoms. The van der Waals surface area contributed by atoms with Gasteiger partial charge in [-0.15, -0.1) is 0 Å². The number of esters is 1. The summed E-state index contributed by atoms with van der Waals surface area (Å²) in [5, 5.41) is 0.503. The fraction of sp³-hybridized carbons (Fsp3) is 0.143. The van der Waals surface area contributed by atoms with Crippen LogP contribution < -0.4 is 4.90 Å². The fourth-order valence-corrected chi connectivity index (χ4v) is 3.12. The first-order valence-electron chi connectivity index (χ1n) is 8.11. The van der Waals surface area contributed by atoms with Crippen molar-refractivity contribution < 1.29 is 14.3 Å². The lowest BCUT2D eigenvalue weighted by molar-refractivity contribution is -0.136. The predicted molar refractivity (Wildman–Crippen MR) is 103 cm³/mol. The van der Waals surface area contributed by atoms with Crippen LogP contribution in [0.2, 0.25) is 5.02 Å². The molecular weight excluding hydrogens is 350 g/mol. The van der Waals surface area contributed by atoms with Gasteiger partial charge in [0.2, 0.25) is 0 Å². The molecule has 132 valence electrons. The molecule has 26 heavy (non-hydrogen) atoms. The maximum Gasteiger partial charge on any atom is 0.340 e. The molecule has 1 aliphatic heterocycles. The van der Waals surface area contributed by atoms with Gasteiger partial charge in [-0.1, -0.05) is 47.5 Å². The standard InChI is InChI=1S/C21H18ClNO3/c1-13-8-10-16(11-9-13)23-14(2)19(21(25)26-3)17(20(23)24)12-15-6-4-5-7-18(15)22/h4-12H,1-3H3/b17-12-. The highest BCUT2D eigenvalue weighted by atomic mass is 35.5. The van der Waals surface area contributed by atoms with Crippen LogP contribution in [0.4, 0.5) is 5.69 Å². The topological polar surface area (TPSA) is 46.6 Å². The number of halogens is 1. The smallest absolute Gasteiger partial charge is 0.340 e. The Labute approximate surface area is 157 Å². The van der Waals surface area contributed by atoms with Gasteiger partial charge in [-0.25, -0.2) is 4.79 Å². The first kappa shape index (κ1) is 18.0. The maximum absolute atomic E-state index is 13.1. The zero-order valence-electron chi connectivity index (χ0n) is 14.7. The Kier molecular flexibility index (Phi) is 4.96. The van der Waals surface area contributed by atoms with Gasteiger partial charge in [0, 0.05) is 16.4 Å². The van der Waals surface area contributed by atoms with Crippen LogP contribution in [0.1, 0.15) is 18.1 Å². The van der Waals surface area contributed by atoms with E-state index in [1.165, 1.54) is 12.0 Å². The number of rotatable bonds is 3. The molecule has 0 atom stereocenters. The second kappa shape index (κ2) is 7.18. The van der Waals surface area contributed by atoms with Crippen molar-refractivity contribution in [3.63, 3.8) is 0 Å². The van der Waals surface area contributed by atoms with E-state index in [0.717, 1.165) is 5.56 Å². The number of nitrogens with zero attached hydrogens (tertiary/aromatic N) is 1. The first-order chi connectivity index (χ1) is 12.4. The van der Waals surface area contributed by atoms with Gasteiger partial charge in [0.1, 0.15) is 0 Å². The van der Waals surface area contributed by atoms with Crippen molar-refractivity contribution in [2.75, 3.05) is 12.0 Å². The first-order valence-corrected chi connectivity index (χ1v) is 8.48. The van der Waals surface area contributed by atoms with Gasteiger partial charge in [0.15, 0.2) is 0 Å². The van der Waals surface area contributed by atoms with Gasteiger partial charge in [-0.3, -0.25) is 9.69 Å². The summed E-state index contributed by atoms with van der Waals surface area (Å²) in [5.41, 5.74) is 3.49. The molecule has 4 nitrogen and oxygen atoms in total. The van der Waals surface area contributed by atoms with Crippen molar-refractivity contribution in [1.29, 1.82) is 0 Å². The van der Waals surface area contributed by atoms with Gasteiger partial charge in [-0.05, 0) is 43.7 Å². The molecule has 0 saturated carbocycles. The minimum absolute atomic E-state index is 0.248. The lowest BCUT2D eigenvalue weighted by atomic mass is 10.0. The Bertz CT molecular complexity index is 942. The fourth-order valence-electron chi connectivity index (χ4n) is 2.93. The number of benzene rings is 2. The summed E-state index contributed by atoms with van der Waals surface area (Å²) in [4.78, 5) is 27.0. The summed E-state index contributed by atoms with van der Waals surface area (Å²) >= 11 is 6.22. The van der Waals surface area contributed by atoms with Gasteiger partial charge < -0.3 is 4.74 Å². The number of carbonyl (C=O) groups is 2. The summed E-state index contributed by atoms with van der Waals surface area (Å²) in [5.74, 6) is -0.838. The number of hydrogen-bond donors (Lipinski definition) is 0. The zero-order chi connectivity index (χ0) is 18.8. The van der Waals surface area contributed by atoms with Crippen LogP contribution in [0.25, 0.3) is 6.08 Å². The average Bonchev–Trinajstić information content (AvgIpc) is 2.87. The van der Waals surface area contributed by atoms with Gasteiger partial charge in [-0.2, -0.15) is 0 Å². The molecule has 2 aromatic rings. The van der Waals surface area contributed by atoms with E-state index in [4.69, 9.17) is 16.3 Å². The number of ether oxygens (including phenoxy) is 1. The summed E-state index contributed by atoms with van der Waals surface area (Å²) in [6.45, 7) is 3.71. The van der Waals surface area contributed by atoms with Crippen LogP contribution >= 0.6 is 11.6 Å². The summed E-state index contributed by atoms with van der Waals surface area (Å²) in [6, 6.07) is 14.7. The molecule has 5 heteroatoms. The SMILES string of the molecule is COC(=O)C1=C(C)N(c2ccc(C)cc2)C(=O)/C1=C\c1ccccc1Cl. The third kappa shape index (κ3) is 3.16. The van der Waals surface area contributed by atoms with Crippen LogP contribution in [-0.2, 0) is 14.3 Å². The van der Waals surface area contributed by atoms with E-state index in [-0.39, 0.29) is 17.1 Å². The molecule has 0 unspecified atom stereocenters. The van der Waals surface area contributed by atoms with Gasteiger partial charge in [0.25, 0.3) is 5.91 Å². The van der Waals surface area contributed by atoms with E-state index in [0.29, 0.717) is 22.0 Å². The molecule has 0 saturated heterocycles. The monoisotopic (exact) mass is 367 g/mol. The summed E-state index contributed by atoms with van der Waals surface area (Å²) in [6.07, 6.45) is 1.63. The number of aryl methyl sites for hydroxylation is 1. The van der Waals surface area contributed by atoms with Gasteiger partial charge >= 0.3 is 5.97 Å².